The second kappa shape index (κ2) is 12.4. The Morgan fingerprint density at radius 3 is 2.65 bits per heavy atom. The first kappa shape index (κ1) is 25.5. The fourth-order valence-electron chi connectivity index (χ4n) is 3.65. The molecule has 10 heteroatoms. The van der Waals surface area contributed by atoms with Crippen LogP contribution in [0.2, 0.25) is 0 Å². The van der Waals surface area contributed by atoms with Crippen LogP contribution in [0.15, 0.2) is 53.5 Å². The van der Waals surface area contributed by atoms with Gasteiger partial charge in [-0.05, 0) is 56.7 Å². The third kappa shape index (κ3) is 6.25. The van der Waals surface area contributed by atoms with E-state index in [4.69, 9.17) is 4.74 Å². The Hall–Kier alpha value is -3.15. The molecule has 2 aromatic carbocycles. The number of aliphatic imine (C=N–C) groups is 1. The molecule has 0 bridgehead atoms. The molecule has 3 N–H and O–H groups in total. The van der Waals surface area contributed by atoms with Crippen LogP contribution in [-0.2, 0) is 13.1 Å². The molecular formula is C24H31IN8O. The lowest BCUT2D eigenvalue weighted by Crippen LogP contribution is -2.38. The minimum absolute atomic E-state index is 0. The highest BCUT2D eigenvalue weighted by Gasteiger charge is 2.08. The molecule has 34 heavy (non-hydrogen) atoms. The summed E-state index contributed by atoms with van der Waals surface area (Å²) in [5.74, 6) is 3.95. The van der Waals surface area contributed by atoms with Crippen molar-refractivity contribution in [1.82, 2.24) is 35.4 Å². The van der Waals surface area contributed by atoms with Crippen LogP contribution in [0.1, 0.15) is 25.0 Å². The third-order valence-corrected chi connectivity index (χ3v) is 5.31. The maximum absolute atomic E-state index is 5.20. The molecular weight excluding hydrogens is 543 g/mol. The fourth-order valence-corrected chi connectivity index (χ4v) is 3.65. The zero-order valence-electron chi connectivity index (χ0n) is 19.7. The van der Waals surface area contributed by atoms with Gasteiger partial charge in [0.1, 0.15) is 23.9 Å². The molecule has 0 atom stereocenters. The average Bonchev–Trinajstić information content (AvgIpc) is 3.44. The van der Waals surface area contributed by atoms with Gasteiger partial charge in [-0.2, -0.15) is 5.10 Å². The van der Waals surface area contributed by atoms with Crippen LogP contribution < -0.4 is 15.4 Å². The molecule has 4 aromatic rings. The summed E-state index contributed by atoms with van der Waals surface area (Å²) in [5, 5.41) is 14.0. The molecule has 0 unspecified atom stereocenters. The summed E-state index contributed by atoms with van der Waals surface area (Å²) < 4.78 is 7.46. The predicted octanol–water partition coefficient (Wildman–Crippen LogP) is 3.90. The van der Waals surface area contributed by atoms with E-state index in [9.17, 15) is 0 Å². The number of methoxy groups -OCH3 is 1. The summed E-state index contributed by atoms with van der Waals surface area (Å²) in [6.45, 7) is 6.98. The van der Waals surface area contributed by atoms with Crippen LogP contribution in [0.3, 0.4) is 0 Å². The van der Waals surface area contributed by atoms with Crippen molar-refractivity contribution in [3.05, 3.63) is 60.2 Å². The quantitative estimate of drug-likeness (QED) is 0.121. The second-order valence-corrected chi connectivity index (χ2v) is 7.61. The van der Waals surface area contributed by atoms with E-state index < -0.39 is 0 Å². The van der Waals surface area contributed by atoms with E-state index in [1.807, 2.05) is 30.3 Å². The molecule has 0 saturated carbocycles. The first-order valence-corrected chi connectivity index (χ1v) is 11.2. The van der Waals surface area contributed by atoms with Crippen molar-refractivity contribution < 1.29 is 4.74 Å². The van der Waals surface area contributed by atoms with Crippen molar-refractivity contribution in [3.63, 3.8) is 0 Å². The number of benzene rings is 2. The molecule has 9 nitrogen and oxygen atoms in total. The van der Waals surface area contributed by atoms with E-state index in [1.165, 1.54) is 5.52 Å². The molecule has 0 aliphatic carbocycles. The Morgan fingerprint density at radius 2 is 1.88 bits per heavy atom. The first-order valence-electron chi connectivity index (χ1n) is 11.2. The number of guanidine groups is 1. The lowest BCUT2D eigenvalue weighted by atomic mass is 10.2. The van der Waals surface area contributed by atoms with Crippen molar-refractivity contribution in [3.8, 4) is 17.1 Å². The maximum atomic E-state index is 5.20. The van der Waals surface area contributed by atoms with Crippen molar-refractivity contribution in [2.75, 3.05) is 20.2 Å². The Labute approximate surface area is 216 Å². The normalized spacial score (nSPS) is 11.3. The number of halogens is 1. The number of para-hydroxylation sites is 2. The Morgan fingerprint density at radius 1 is 1.09 bits per heavy atom. The maximum Gasteiger partial charge on any atom is 0.191 e. The molecule has 0 spiro atoms. The SMILES string of the molecule is CCNC(=NCc1nc(-c2ccc(OC)cc2)n[nH]1)NCCCn1c(C)nc2ccccc21.I. The lowest BCUT2D eigenvalue weighted by Gasteiger charge is -2.12. The number of ether oxygens (including phenoxy) is 1. The molecule has 0 fully saturated rings. The summed E-state index contributed by atoms with van der Waals surface area (Å²) in [6.07, 6.45) is 0.954. The van der Waals surface area contributed by atoms with E-state index >= 15 is 0 Å². The lowest BCUT2D eigenvalue weighted by molar-refractivity contribution is 0.415. The summed E-state index contributed by atoms with van der Waals surface area (Å²) in [6, 6.07) is 15.9. The minimum Gasteiger partial charge on any atom is -0.497 e. The number of aromatic nitrogens is 5. The largest absolute Gasteiger partial charge is 0.497 e. The molecule has 2 aromatic heterocycles. The highest BCUT2D eigenvalue weighted by molar-refractivity contribution is 14.0. The Kier molecular flexibility index (Phi) is 9.25. The van der Waals surface area contributed by atoms with Gasteiger partial charge in [0.15, 0.2) is 11.8 Å². The smallest absolute Gasteiger partial charge is 0.191 e. The fraction of sp³-hybridized carbons (Fsp3) is 0.333. The van der Waals surface area contributed by atoms with E-state index in [-0.39, 0.29) is 24.0 Å². The molecule has 0 aliphatic heterocycles. The Bertz CT molecular complexity index is 1220. The van der Waals surface area contributed by atoms with Crippen molar-refractivity contribution in [2.24, 2.45) is 4.99 Å². The van der Waals surface area contributed by atoms with Crippen LogP contribution in [0.25, 0.3) is 22.4 Å². The van der Waals surface area contributed by atoms with E-state index in [0.717, 1.165) is 54.7 Å². The highest BCUT2D eigenvalue weighted by Crippen LogP contribution is 2.19. The number of aromatic amines is 1. The molecule has 0 saturated heterocycles. The van der Waals surface area contributed by atoms with Gasteiger partial charge >= 0.3 is 0 Å². The number of rotatable bonds is 9. The number of imidazole rings is 1. The van der Waals surface area contributed by atoms with Crippen LogP contribution in [0.4, 0.5) is 0 Å². The number of hydrogen-bond acceptors (Lipinski definition) is 5. The topological polar surface area (TPSA) is 105 Å². The number of H-pyrrole nitrogens is 1. The third-order valence-electron chi connectivity index (χ3n) is 5.31. The van der Waals surface area contributed by atoms with Crippen LogP contribution >= 0.6 is 24.0 Å². The summed E-state index contributed by atoms with van der Waals surface area (Å²) in [7, 11) is 1.65. The van der Waals surface area contributed by atoms with E-state index in [0.29, 0.717) is 18.2 Å². The van der Waals surface area contributed by atoms with Gasteiger partial charge in [0.25, 0.3) is 0 Å². The summed E-state index contributed by atoms with van der Waals surface area (Å²) >= 11 is 0. The van der Waals surface area contributed by atoms with Gasteiger partial charge in [-0.3, -0.25) is 5.10 Å². The number of hydrogen-bond donors (Lipinski definition) is 3. The zero-order chi connectivity index (χ0) is 23.0. The number of aryl methyl sites for hydroxylation is 2. The predicted molar refractivity (Wildman–Crippen MR) is 146 cm³/mol. The van der Waals surface area contributed by atoms with Gasteiger partial charge in [0.2, 0.25) is 0 Å². The Balaban J connectivity index is 0.00000324. The second-order valence-electron chi connectivity index (χ2n) is 7.61. The highest BCUT2D eigenvalue weighted by atomic mass is 127. The number of fused-ring (bicyclic) bond motifs is 1. The van der Waals surface area contributed by atoms with Gasteiger partial charge < -0.3 is 19.9 Å². The molecule has 180 valence electrons. The van der Waals surface area contributed by atoms with E-state index in [1.54, 1.807) is 7.11 Å². The van der Waals surface area contributed by atoms with Gasteiger partial charge in [-0.1, -0.05) is 12.1 Å². The van der Waals surface area contributed by atoms with Gasteiger partial charge in [0, 0.05) is 25.2 Å². The molecule has 2 heterocycles. The monoisotopic (exact) mass is 574 g/mol. The van der Waals surface area contributed by atoms with Gasteiger partial charge in [0.05, 0.1) is 18.1 Å². The average molecular weight is 574 g/mol. The van der Waals surface area contributed by atoms with Crippen molar-refractivity contribution in [2.45, 2.75) is 33.4 Å². The van der Waals surface area contributed by atoms with Crippen LogP contribution in [0, 0.1) is 6.92 Å². The standard InChI is InChI=1S/C24H30N8O.HI/c1-4-25-24(26-14-7-15-32-17(2)28-20-8-5-6-9-21(20)32)27-16-22-29-23(31-30-22)18-10-12-19(33-3)13-11-18;/h5-6,8-13H,4,7,14-16H2,1-3H3,(H2,25,26,27)(H,29,30,31);1H. The molecule has 0 radical (unpaired) electrons. The van der Waals surface area contributed by atoms with Gasteiger partial charge in [-0.25, -0.2) is 15.0 Å². The van der Waals surface area contributed by atoms with E-state index in [2.05, 4.69) is 72.4 Å². The first-order chi connectivity index (χ1) is 16.2. The van der Waals surface area contributed by atoms with Gasteiger partial charge in [-0.15, -0.1) is 24.0 Å². The van der Waals surface area contributed by atoms with Crippen LogP contribution in [0.5, 0.6) is 5.75 Å². The molecule has 0 amide bonds. The van der Waals surface area contributed by atoms with Crippen molar-refractivity contribution in [1.29, 1.82) is 0 Å². The van der Waals surface area contributed by atoms with Crippen molar-refractivity contribution >= 4 is 41.0 Å². The molecule has 4 rings (SSSR count). The minimum atomic E-state index is 0. The molecule has 0 aliphatic rings. The summed E-state index contributed by atoms with van der Waals surface area (Å²) in [4.78, 5) is 13.8. The summed E-state index contributed by atoms with van der Waals surface area (Å²) in [5.41, 5.74) is 3.14. The number of nitrogens with one attached hydrogen (secondary N) is 3. The zero-order valence-corrected chi connectivity index (χ0v) is 22.0. The van der Waals surface area contributed by atoms with Crippen LogP contribution in [-0.4, -0.2) is 50.9 Å². The number of nitrogens with zero attached hydrogens (tertiary/aromatic N) is 5.